The van der Waals surface area contributed by atoms with Gasteiger partial charge in [-0.15, -0.1) is 10.2 Å². The minimum Gasteiger partial charge on any atom is -0.493 e. The Morgan fingerprint density at radius 3 is 2.57 bits per heavy atom. The Kier molecular flexibility index (Phi) is 4.64. The second-order valence-electron chi connectivity index (χ2n) is 4.64. The van der Waals surface area contributed by atoms with Gasteiger partial charge in [0.25, 0.3) is 0 Å². The van der Waals surface area contributed by atoms with Crippen molar-refractivity contribution in [1.29, 1.82) is 0 Å². The number of nitrogens with zero attached hydrogens (tertiary/aromatic N) is 3. The maximum Gasteiger partial charge on any atom is 0.204 e. The highest BCUT2D eigenvalue weighted by Crippen LogP contribution is 2.39. The molecule has 6 nitrogen and oxygen atoms in total. The lowest BCUT2D eigenvalue weighted by Crippen LogP contribution is -1.99. The largest absolute Gasteiger partial charge is 0.493 e. The molecular weight excluding hydrogens is 339 g/mol. The summed E-state index contributed by atoms with van der Waals surface area (Å²) in [6.45, 7) is 0.342. The van der Waals surface area contributed by atoms with Crippen molar-refractivity contribution in [3.63, 3.8) is 0 Å². The van der Waals surface area contributed by atoms with E-state index in [4.69, 9.17) is 32.7 Å². The number of aromatic amines is 1. The first-order chi connectivity index (χ1) is 11.2. The van der Waals surface area contributed by atoms with Gasteiger partial charge in [-0.1, -0.05) is 35.3 Å². The van der Waals surface area contributed by atoms with Crippen LogP contribution in [0.15, 0.2) is 36.4 Å². The van der Waals surface area contributed by atoms with Crippen LogP contribution in [0.25, 0.3) is 11.4 Å². The number of hydrogen-bond acceptors (Lipinski definition) is 5. The zero-order valence-corrected chi connectivity index (χ0v) is 13.6. The number of hydrogen-bond donors (Lipinski definition) is 1. The van der Waals surface area contributed by atoms with Crippen LogP contribution in [0.3, 0.4) is 0 Å². The highest BCUT2D eigenvalue weighted by atomic mass is 35.5. The third kappa shape index (κ3) is 3.55. The Hall–Kier alpha value is -2.31. The van der Waals surface area contributed by atoms with E-state index in [1.165, 1.54) is 0 Å². The lowest BCUT2D eigenvalue weighted by atomic mass is 10.2. The molecule has 0 saturated heterocycles. The molecule has 0 aliphatic heterocycles. The Balaban J connectivity index is 1.85. The molecule has 0 saturated carbocycles. The number of H-pyrrole nitrogens is 1. The zero-order valence-electron chi connectivity index (χ0n) is 12.1. The van der Waals surface area contributed by atoms with Gasteiger partial charge in [-0.25, -0.2) is 0 Å². The molecule has 0 amide bonds. The molecule has 1 aromatic heterocycles. The number of rotatable bonds is 5. The fourth-order valence-corrected chi connectivity index (χ4v) is 2.40. The summed E-state index contributed by atoms with van der Waals surface area (Å²) < 4.78 is 11.1. The van der Waals surface area contributed by atoms with Crippen LogP contribution < -0.4 is 9.47 Å². The Labute approximate surface area is 142 Å². The van der Waals surface area contributed by atoms with E-state index in [1.807, 2.05) is 12.1 Å². The van der Waals surface area contributed by atoms with Crippen molar-refractivity contribution in [2.24, 2.45) is 0 Å². The second kappa shape index (κ2) is 6.85. The minimum atomic E-state index is 0.342. The van der Waals surface area contributed by atoms with Gasteiger partial charge in [0.2, 0.25) is 5.82 Å². The lowest BCUT2D eigenvalue weighted by molar-refractivity contribution is 0.285. The van der Waals surface area contributed by atoms with Crippen molar-refractivity contribution in [1.82, 2.24) is 20.6 Å². The van der Waals surface area contributed by atoms with E-state index >= 15 is 0 Å². The van der Waals surface area contributed by atoms with Crippen LogP contribution >= 0.6 is 23.2 Å². The SMILES string of the molecule is COc1cc(-c2nn[nH]n2)cc(Cl)c1OCc1ccc(Cl)cc1. The number of ether oxygens (including phenoxy) is 2. The maximum atomic E-state index is 6.31. The maximum absolute atomic E-state index is 6.31. The number of nitrogens with one attached hydrogen (secondary N) is 1. The summed E-state index contributed by atoms with van der Waals surface area (Å²) in [5, 5.41) is 14.8. The molecule has 118 valence electrons. The normalized spacial score (nSPS) is 10.6. The fourth-order valence-electron chi connectivity index (χ4n) is 2.01. The van der Waals surface area contributed by atoms with E-state index in [0.717, 1.165) is 5.56 Å². The Morgan fingerprint density at radius 1 is 1.13 bits per heavy atom. The van der Waals surface area contributed by atoms with Crippen LogP contribution in [0.2, 0.25) is 10.0 Å². The summed E-state index contributed by atoms with van der Waals surface area (Å²) in [6.07, 6.45) is 0. The van der Waals surface area contributed by atoms with E-state index in [0.29, 0.717) is 39.5 Å². The summed E-state index contributed by atoms with van der Waals surface area (Å²) in [5.41, 5.74) is 1.65. The topological polar surface area (TPSA) is 72.9 Å². The van der Waals surface area contributed by atoms with E-state index in [1.54, 1.807) is 31.4 Å². The van der Waals surface area contributed by atoms with E-state index < -0.39 is 0 Å². The van der Waals surface area contributed by atoms with Gasteiger partial charge in [0.1, 0.15) is 6.61 Å². The van der Waals surface area contributed by atoms with E-state index in [-0.39, 0.29) is 0 Å². The molecule has 23 heavy (non-hydrogen) atoms. The average Bonchev–Trinajstić information content (AvgIpc) is 3.09. The predicted octanol–water partition coefficient (Wildman–Crippen LogP) is 3.76. The van der Waals surface area contributed by atoms with Gasteiger partial charge in [0.15, 0.2) is 11.5 Å². The average molecular weight is 351 g/mol. The van der Waals surface area contributed by atoms with Crippen LogP contribution in [-0.2, 0) is 6.61 Å². The zero-order chi connectivity index (χ0) is 16.2. The fraction of sp³-hybridized carbons (Fsp3) is 0.133. The molecule has 8 heteroatoms. The first-order valence-electron chi connectivity index (χ1n) is 6.66. The van der Waals surface area contributed by atoms with Crippen LogP contribution in [0.5, 0.6) is 11.5 Å². The van der Waals surface area contributed by atoms with Crippen molar-refractivity contribution < 1.29 is 9.47 Å². The summed E-state index contributed by atoms with van der Waals surface area (Å²) in [6, 6.07) is 10.8. The van der Waals surface area contributed by atoms with Crippen molar-refractivity contribution >= 4 is 23.2 Å². The molecule has 0 aliphatic rings. The van der Waals surface area contributed by atoms with Gasteiger partial charge < -0.3 is 9.47 Å². The molecule has 0 unspecified atom stereocenters. The van der Waals surface area contributed by atoms with E-state index in [2.05, 4.69) is 20.6 Å². The molecule has 0 bridgehead atoms. The first kappa shape index (κ1) is 15.6. The summed E-state index contributed by atoms with van der Waals surface area (Å²) >= 11 is 12.2. The number of methoxy groups -OCH3 is 1. The summed E-state index contributed by atoms with van der Waals surface area (Å²) in [5.74, 6) is 1.37. The van der Waals surface area contributed by atoms with Crippen molar-refractivity contribution in [2.75, 3.05) is 7.11 Å². The Morgan fingerprint density at radius 2 is 1.91 bits per heavy atom. The molecule has 0 aliphatic carbocycles. The van der Waals surface area contributed by atoms with Crippen LogP contribution in [0, 0.1) is 0 Å². The van der Waals surface area contributed by atoms with Gasteiger partial charge in [-0.2, -0.15) is 5.21 Å². The van der Waals surface area contributed by atoms with Crippen LogP contribution in [-0.4, -0.2) is 27.7 Å². The monoisotopic (exact) mass is 350 g/mol. The second-order valence-corrected chi connectivity index (χ2v) is 5.48. The highest BCUT2D eigenvalue weighted by Gasteiger charge is 2.15. The summed E-state index contributed by atoms with van der Waals surface area (Å²) in [4.78, 5) is 0. The van der Waals surface area contributed by atoms with Crippen molar-refractivity contribution in [3.05, 3.63) is 52.0 Å². The number of aromatic nitrogens is 4. The number of tetrazole rings is 1. The van der Waals surface area contributed by atoms with Gasteiger partial charge >= 0.3 is 0 Å². The van der Waals surface area contributed by atoms with Gasteiger partial charge in [0, 0.05) is 10.6 Å². The molecular formula is C15H12Cl2N4O2. The van der Waals surface area contributed by atoms with Gasteiger partial charge in [0.05, 0.1) is 12.1 Å². The molecule has 1 heterocycles. The number of halogens is 2. The molecule has 1 N–H and O–H groups in total. The third-order valence-corrected chi connectivity index (χ3v) is 3.66. The highest BCUT2D eigenvalue weighted by molar-refractivity contribution is 6.32. The van der Waals surface area contributed by atoms with E-state index in [9.17, 15) is 0 Å². The van der Waals surface area contributed by atoms with Gasteiger partial charge in [-0.05, 0) is 35.0 Å². The van der Waals surface area contributed by atoms with Crippen LogP contribution in [0.4, 0.5) is 0 Å². The number of benzene rings is 2. The third-order valence-electron chi connectivity index (χ3n) is 3.13. The minimum absolute atomic E-state index is 0.342. The Bertz CT molecular complexity index is 792. The lowest BCUT2D eigenvalue weighted by Gasteiger charge is -2.13. The molecule has 3 aromatic rings. The molecule has 0 fully saturated rings. The summed E-state index contributed by atoms with van der Waals surface area (Å²) in [7, 11) is 1.54. The molecule has 0 radical (unpaired) electrons. The standard InChI is InChI=1S/C15H12Cl2N4O2/c1-22-13-7-10(15-18-20-21-19-15)6-12(17)14(13)23-8-9-2-4-11(16)5-3-9/h2-7H,8H2,1H3,(H,18,19,20,21). The van der Waals surface area contributed by atoms with Gasteiger partial charge in [-0.3, -0.25) is 0 Å². The van der Waals surface area contributed by atoms with Crippen molar-refractivity contribution in [2.45, 2.75) is 6.61 Å². The van der Waals surface area contributed by atoms with Crippen molar-refractivity contribution in [3.8, 4) is 22.9 Å². The predicted molar refractivity (Wildman–Crippen MR) is 87.0 cm³/mol. The molecule has 2 aromatic carbocycles. The smallest absolute Gasteiger partial charge is 0.204 e. The molecule has 0 spiro atoms. The van der Waals surface area contributed by atoms with Crippen LogP contribution in [0.1, 0.15) is 5.56 Å². The first-order valence-corrected chi connectivity index (χ1v) is 7.41. The molecule has 3 rings (SSSR count). The molecule has 0 atom stereocenters. The quantitative estimate of drug-likeness (QED) is 0.758.